The largest absolute Gasteiger partial charge is 0.480 e. The summed E-state index contributed by atoms with van der Waals surface area (Å²) in [5, 5.41) is 12.6. The smallest absolute Gasteiger partial charge is 0.320 e. The summed E-state index contributed by atoms with van der Waals surface area (Å²) in [6, 6.07) is 10.4. The van der Waals surface area contributed by atoms with Crippen LogP contribution in [0.5, 0.6) is 0 Å². The Hall–Kier alpha value is -1.35. The lowest BCUT2D eigenvalue weighted by molar-refractivity contribution is -0.140. The fourth-order valence-corrected chi connectivity index (χ4v) is 3.29. The molecule has 0 saturated heterocycles. The van der Waals surface area contributed by atoms with Gasteiger partial charge in [-0.3, -0.25) is 4.79 Å². The quantitative estimate of drug-likeness (QED) is 0.867. The Kier molecular flexibility index (Phi) is 4.48. The SMILES string of the molecule is CC(C)[C@@H](N[C@H]1CC[C@](C)(c2ccccc2)C1)C(=O)O. The highest BCUT2D eigenvalue weighted by atomic mass is 16.4. The molecule has 3 heteroatoms. The molecule has 1 aliphatic carbocycles. The van der Waals surface area contributed by atoms with Crippen LogP contribution >= 0.6 is 0 Å². The van der Waals surface area contributed by atoms with E-state index in [1.807, 2.05) is 19.9 Å². The Morgan fingerprint density at radius 3 is 2.55 bits per heavy atom. The van der Waals surface area contributed by atoms with Gasteiger partial charge < -0.3 is 10.4 Å². The Morgan fingerprint density at radius 2 is 2.00 bits per heavy atom. The van der Waals surface area contributed by atoms with Crippen molar-refractivity contribution in [3.8, 4) is 0 Å². The molecule has 0 heterocycles. The molecule has 0 amide bonds. The van der Waals surface area contributed by atoms with Crippen molar-refractivity contribution in [1.29, 1.82) is 0 Å². The number of carbonyl (C=O) groups is 1. The van der Waals surface area contributed by atoms with Crippen LogP contribution in [0.15, 0.2) is 30.3 Å². The van der Waals surface area contributed by atoms with E-state index in [2.05, 4.69) is 36.5 Å². The predicted molar refractivity (Wildman–Crippen MR) is 80.8 cm³/mol. The standard InChI is InChI=1S/C17H25NO2/c1-12(2)15(16(19)20)18-14-9-10-17(3,11-14)13-7-5-4-6-8-13/h4-8,12,14-15,18H,9-11H2,1-3H3,(H,19,20)/t14-,15+,17-/m0/s1. The minimum absolute atomic E-state index is 0.107. The van der Waals surface area contributed by atoms with E-state index in [0.717, 1.165) is 19.3 Å². The predicted octanol–water partition coefficient (Wildman–Crippen LogP) is 3.20. The van der Waals surface area contributed by atoms with Gasteiger partial charge in [-0.25, -0.2) is 0 Å². The zero-order valence-electron chi connectivity index (χ0n) is 12.6. The normalized spacial score (nSPS) is 27.7. The highest BCUT2D eigenvalue weighted by molar-refractivity contribution is 5.73. The fourth-order valence-electron chi connectivity index (χ4n) is 3.29. The van der Waals surface area contributed by atoms with Gasteiger partial charge in [0.05, 0.1) is 0 Å². The van der Waals surface area contributed by atoms with Crippen molar-refractivity contribution >= 4 is 5.97 Å². The second-order valence-electron chi connectivity index (χ2n) is 6.59. The molecular formula is C17H25NO2. The van der Waals surface area contributed by atoms with Crippen molar-refractivity contribution in [2.24, 2.45) is 5.92 Å². The number of benzene rings is 1. The van der Waals surface area contributed by atoms with Crippen molar-refractivity contribution in [1.82, 2.24) is 5.32 Å². The van der Waals surface area contributed by atoms with Crippen molar-refractivity contribution in [2.45, 2.75) is 57.5 Å². The van der Waals surface area contributed by atoms with E-state index in [-0.39, 0.29) is 11.3 Å². The molecule has 0 unspecified atom stereocenters. The summed E-state index contributed by atoms with van der Waals surface area (Å²) < 4.78 is 0. The van der Waals surface area contributed by atoms with Gasteiger partial charge in [0.2, 0.25) is 0 Å². The second kappa shape index (κ2) is 5.96. The molecule has 1 fully saturated rings. The van der Waals surface area contributed by atoms with Crippen LogP contribution in [0.2, 0.25) is 0 Å². The summed E-state index contributed by atoms with van der Waals surface area (Å²) in [6.45, 7) is 6.20. The molecule has 0 aliphatic heterocycles. The maximum atomic E-state index is 11.3. The van der Waals surface area contributed by atoms with E-state index < -0.39 is 12.0 Å². The van der Waals surface area contributed by atoms with Crippen LogP contribution in [0.4, 0.5) is 0 Å². The number of hydrogen-bond acceptors (Lipinski definition) is 2. The number of rotatable bonds is 5. The number of carboxylic acids is 1. The maximum Gasteiger partial charge on any atom is 0.320 e. The van der Waals surface area contributed by atoms with Crippen LogP contribution in [0.3, 0.4) is 0 Å². The molecule has 0 spiro atoms. The Morgan fingerprint density at radius 1 is 1.35 bits per heavy atom. The van der Waals surface area contributed by atoms with E-state index in [4.69, 9.17) is 0 Å². The number of nitrogens with one attached hydrogen (secondary N) is 1. The van der Waals surface area contributed by atoms with Crippen LogP contribution in [0, 0.1) is 5.92 Å². The van der Waals surface area contributed by atoms with Gasteiger partial charge in [0.25, 0.3) is 0 Å². The van der Waals surface area contributed by atoms with Crippen molar-refractivity contribution in [3.05, 3.63) is 35.9 Å². The van der Waals surface area contributed by atoms with Gasteiger partial charge in [0, 0.05) is 6.04 Å². The molecule has 1 aromatic carbocycles. The Bertz CT molecular complexity index is 457. The van der Waals surface area contributed by atoms with Crippen molar-refractivity contribution < 1.29 is 9.90 Å². The number of aliphatic carboxylic acids is 1. The van der Waals surface area contributed by atoms with E-state index in [1.54, 1.807) is 0 Å². The van der Waals surface area contributed by atoms with E-state index >= 15 is 0 Å². The molecule has 2 N–H and O–H groups in total. The van der Waals surface area contributed by atoms with Crippen LogP contribution in [-0.2, 0) is 10.2 Å². The molecular weight excluding hydrogens is 250 g/mol. The topological polar surface area (TPSA) is 49.3 Å². The van der Waals surface area contributed by atoms with E-state index in [0.29, 0.717) is 6.04 Å². The summed E-state index contributed by atoms with van der Waals surface area (Å²) in [5.74, 6) is -0.635. The molecule has 20 heavy (non-hydrogen) atoms. The molecule has 3 nitrogen and oxygen atoms in total. The zero-order valence-corrected chi connectivity index (χ0v) is 12.6. The average Bonchev–Trinajstić information content (AvgIpc) is 2.79. The fraction of sp³-hybridized carbons (Fsp3) is 0.588. The van der Waals surface area contributed by atoms with E-state index in [1.165, 1.54) is 5.56 Å². The number of hydrogen-bond donors (Lipinski definition) is 2. The Balaban J connectivity index is 2.03. The summed E-state index contributed by atoms with van der Waals surface area (Å²) in [6.07, 6.45) is 3.16. The molecule has 0 bridgehead atoms. The third-order valence-corrected chi connectivity index (χ3v) is 4.56. The minimum atomic E-state index is -0.742. The van der Waals surface area contributed by atoms with Gasteiger partial charge in [-0.1, -0.05) is 51.1 Å². The summed E-state index contributed by atoms with van der Waals surface area (Å²) in [4.78, 5) is 11.3. The third kappa shape index (κ3) is 3.21. The first-order valence-corrected chi connectivity index (χ1v) is 7.47. The number of carboxylic acid groups (broad SMARTS) is 1. The zero-order chi connectivity index (χ0) is 14.8. The lowest BCUT2D eigenvalue weighted by Gasteiger charge is -2.27. The minimum Gasteiger partial charge on any atom is -0.480 e. The molecule has 3 atom stereocenters. The van der Waals surface area contributed by atoms with Crippen molar-refractivity contribution in [2.75, 3.05) is 0 Å². The highest BCUT2D eigenvalue weighted by Gasteiger charge is 2.38. The lowest BCUT2D eigenvalue weighted by Crippen LogP contribution is -2.46. The van der Waals surface area contributed by atoms with Gasteiger partial charge in [-0.2, -0.15) is 0 Å². The van der Waals surface area contributed by atoms with Gasteiger partial charge in [0.15, 0.2) is 0 Å². The molecule has 2 rings (SSSR count). The van der Waals surface area contributed by atoms with Gasteiger partial charge in [-0.05, 0) is 36.2 Å². The van der Waals surface area contributed by atoms with Gasteiger partial charge in [-0.15, -0.1) is 0 Å². The van der Waals surface area contributed by atoms with Crippen LogP contribution < -0.4 is 5.32 Å². The lowest BCUT2D eigenvalue weighted by atomic mass is 9.81. The first kappa shape index (κ1) is 15.0. The highest BCUT2D eigenvalue weighted by Crippen LogP contribution is 2.40. The summed E-state index contributed by atoms with van der Waals surface area (Å²) >= 11 is 0. The maximum absolute atomic E-state index is 11.3. The third-order valence-electron chi connectivity index (χ3n) is 4.56. The summed E-state index contributed by atoms with van der Waals surface area (Å²) in [5.41, 5.74) is 1.53. The molecule has 1 aliphatic rings. The first-order chi connectivity index (χ1) is 9.42. The second-order valence-corrected chi connectivity index (χ2v) is 6.59. The van der Waals surface area contributed by atoms with Crippen molar-refractivity contribution in [3.63, 3.8) is 0 Å². The van der Waals surface area contributed by atoms with Crippen LogP contribution in [0.1, 0.15) is 45.6 Å². The molecule has 110 valence electrons. The Labute approximate surface area is 121 Å². The molecule has 1 aromatic rings. The van der Waals surface area contributed by atoms with Crippen LogP contribution in [-0.4, -0.2) is 23.2 Å². The first-order valence-electron chi connectivity index (χ1n) is 7.47. The van der Waals surface area contributed by atoms with Crippen LogP contribution in [0.25, 0.3) is 0 Å². The van der Waals surface area contributed by atoms with E-state index in [9.17, 15) is 9.90 Å². The monoisotopic (exact) mass is 275 g/mol. The molecule has 1 saturated carbocycles. The summed E-state index contributed by atoms with van der Waals surface area (Å²) in [7, 11) is 0. The van der Waals surface area contributed by atoms with Gasteiger partial charge >= 0.3 is 5.97 Å². The molecule has 0 radical (unpaired) electrons. The molecule has 0 aromatic heterocycles. The average molecular weight is 275 g/mol. The van der Waals surface area contributed by atoms with Gasteiger partial charge in [0.1, 0.15) is 6.04 Å².